The maximum Gasteiger partial charge on any atom is 0.227 e. The molecule has 1 aliphatic rings. The van der Waals surface area contributed by atoms with Crippen LogP contribution in [0.3, 0.4) is 0 Å². The molecule has 134 valence electrons. The van der Waals surface area contributed by atoms with Crippen LogP contribution in [0.2, 0.25) is 0 Å². The summed E-state index contributed by atoms with van der Waals surface area (Å²) in [6, 6.07) is 6.47. The lowest BCUT2D eigenvalue weighted by molar-refractivity contribution is -0.131. The van der Waals surface area contributed by atoms with Crippen molar-refractivity contribution < 1.29 is 17.7 Å². The molecule has 0 aliphatic carbocycles. The maximum atomic E-state index is 12.6. The Bertz CT molecular complexity index is 858. The molecular weight excluding hydrogens is 342 g/mol. The normalized spacial score (nSPS) is 18.3. The predicted octanol–water partition coefficient (Wildman–Crippen LogP) is 1.73. The van der Waals surface area contributed by atoms with Gasteiger partial charge < -0.3 is 9.42 Å². The number of benzene rings is 1. The van der Waals surface area contributed by atoms with E-state index >= 15 is 0 Å². The van der Waals surface area contributed by atoms with Crippen molar-refractivity contribution in [1.29, 1.82) is 0 Å². The Morgan fingerprint density at radius 1 is 1.32 bits per heavy atom. The van der Waals surface area contributed by atoms with Gasteiger partial charge >= 0.3 is 0 Å². The maximum absolute atomic E-state index is 12.6. The van der Waals surface area contributed by atoms with Crippen LogP contribution in [-0.4, -0.2) is 48.7 Å². The van der Waals surface area contributed by atoms with Crippen LogP contribution in [0.15, 0.2) is 33.7 Å². The monoisotopic (exact) mass is 363 g/mol. The Kier molecular flexibility index (Phi) is 4.89. The van der Waals surface area contributed by atoms with Crippen LogP contribution in [0.4, 0.5) is 0 Å². The molecule has 8 heteroatoms. The number of hydrogen-bond donors (Lipinski definition) is 0. The molecule has 2 aromatic rings. The van der Waals surface area contributed by atoms with Crippen molar-refractivity contribution in [2.24, 2.45) is 0 Å². The number of rotatable bonds is 4. The highest BCUT2D eigenvalue weighted by Crippen LogP contribution is 2.25. The van der Waals surface area contributed by atoms with Crippen LogP contribution in [0.1, 0.15) is 36.0 Å². The number of piperidine rings is 1. The summed E-state index contributed by atoms with van der Waals surface area (Å²) in [5.41, 5.74) is 0.801. The molecule has 1 aliphatic heterocycles. The molecular formula is C17H21N3O4S. The molecule has 1 amide bonds. The van der Waals surface area contributed by atoms with Gasteiger partial charge in [-0.2, -0.15) is 4.98 Å². The number of amides is 1. The van der Waals surface area contributed by atoms with Gasteiger partial charge in [0.15, 0.2) is 15.7 Å². The lowest BCUT2D eigenvalue weighted by Gasteiger charge is -2.31. The van der Waals surface area contributed by atoms with Crippen molar-refractivity contribution in [3.8, 4) is 0 Å². The number of sulfone groups is 1. The van der Waals surface area contributed by atoms with E-state index in [1.54, 1.807) is 31.2 Å². The molecule has 1 saturated heterocycles. The van der Waals surface area contributed by atoms with Crippen molar-refractivity contribution in [3.63, 3.8) is 0 Å². The SMILES string of the molecule is Cc1nc(C2CCCN(C(=O)Cc3ccc(S(C)(=O)=O)cc3)C2)no1. The van der Waals surface area contributed by atoms with Crippen LogP contribution >= 0.6 is 0 Å². The van der Waals surface area contributed by atoms with Crippen LogP contribution in [0.25, 0.3) is 0 Å². The first-order valence-electron chi connectivity index (χ1n) is 8.20. The molecule has 1 fully saturated rings. The van der Waals surface area contributed by atoms with Crippen molar-refractivity contribution in [1.82, 2.24) is 15.0 Å². The van der Waals surface area contributed by atoms with Gasteiger partial charge in [0.1, 0.15) is 0 Å². The summed E-state index contributed by atoms with van der Waals surface area (Å²) in [7, 11) is -3.22. The molecule has 1 aromatic carbocycles. The molecule has 0 spiro atoms. The zero-order valence-electron chi connectivity index (χ0n) is 14.3. The van der Waals surface area contributed by atoms with Crippen molar-refractivity contribution in [2.75, 3.05) is 19.3 Å². The second-order valence-corrected chi connectivity index (χ2v) is 8.46. The minimum Gasteiger partial charge on any atom is -0.342 e. The molecule has 0 saturated carbocycles. The van der Waals surface area contributed by atoms with Crippen LogP contribution in [-0.2, 0) is 21.1 Å². The van der Waals surface area contributed by atoms with E-state index in [0.717, 1.165) is 18.4 Å². The summed E-state index contributed by atoms with van der Waals surface area (Å²) in [6.07, 6.45) is 3.26. The zero-order chi connectivity index (χ0) is 18.0. The molecule has 0 bridgehead atoms. The molecule has 0 radical (unpaired) electrons. The molecule has 1 atom stereocenters. The van der Waals surface area contributed by atoms with E-state index in [1.165, 1.54) is 6.26 Å². The van der Waals surface area contributed by atoms with Crippen LogP contribution in [0, 0.1) is 6.92 Å². The summed E-state index contributed by atoms with van der Waals surface area (Å²) in [4.78, 5) is 18.9. The van der Waals surface area contributed by atoms with E-state index in [1.807, 2.05) is 4.90 Å². The number of hydrogen-bond acceptors (Lipinski definition) is 6. The average Bonchev–Trinajstić information content (AvgIpc) is 3.01. The third-order valence-electron chi connectivity index (χ3n) is 4.39. The van der Waals surface area contributed by atoms with Gasteiger partial charge in [0.2, 0.25) is 11.8 Å². The minimum atomic E-state index is -3.22. The number of nitrogens with zero attached hydrogens (tertiary/aromatic N) is 3. The number of aryl methyl sites for hydroxylation is 1. The van der Waals surface area contributed by atoms with E-state index < -0.39 is 9.84 Å². The van der Waals surface area contributed by atoms with Crippen LogP contribution in [0.5, 0.6) is 0 Å². The average molecular weight is 363 g/mol. The van der Waals surface area contributed by atoms with E-state index in [0.29, 0.717) is 24.8 Å². The van der Waals surface area contributed by atoms with E-state index in [2.05, 4.69) is 10.1 Å². The topological polar surface area (TPSA) is 93.4 Å². The second kappa shape index (κ2) is 6.95. The predicted molar refractivity (Wildman–Crippen MR) is 90.8 cm³/mol. The first-order chi connectivity index (χ1) is 11.8. The highest BCUT2D eigenvalue weighted by Gasteiger charge is 2.27. The van der Waals surface area contributed by atoms with Gasteiger partial charge in [-0.25, -0.2) is 8.42 Å². The Morgan fingerprint density at radius 2 is 2.04 bits per heavy atom. The number of aromatic nitrogens is 2. The van der Waals surface area contributed by atoms with Crippen molar-refractivity contribution in [3.05, 3.63) is 41.5 Å². The molecule has 7 nitrogen and oxygen atoms in total. The van der Waals surface area contributed by atoms with Crippen LogP contribution < -0.4 is 0 Å². The molecule has 0 N–H and O–H groups in total. The third kappa shape index (κ3) is 4.25. The largest absolute Gasteiger partial charge is 0.342 e. The fourth-order valence-corrected chi connectivity index (χ4v) is 3.67. The Labute approximate surface area is 146 Å². The fraction of sp³-hybridized carbons (Fsp3) is 0.471. The fourth-order valence-electron chi connectivity index (χ4n) is 3.04. The summed E-state index contributed by atoms with van der Waals surface area (Å²) in [6.45, 7) is 3.05. The van der Waals surface area contributed by atoms with E-state index in [-0.39, 0.29) is 23.1 Å². The van der Waals surface area contributed by atoms with Gasteiger partial charge in [0.05, 0.1) is 11.3 Å². The molecule has 25 heavy (non-hydrogen) atoms. The highest BCUT2D eigenvalue weighted by atomic mass is 32.2. The number of carbonyl (C=O) groups is 1. The number of carbonyl (C=O) groups excluding carboxylic acids is 1. The summed E-state index contributed by atoms with van der Waals surface area (Å²) >= 11 is 0. The van der Waals surface area contributed by atoms with Gasteiger partial charge in [-0.05, 0) is 30.5 Å². The highest BCUT2D eigenvalue weighted by molar-refractivity contribution is 7.90. The van der Waals surface area contributed by atoms with Gasteiger partial charge in [-0.1, -0.05) is 17.3 Å². The smallest absolute Gasteiger partial charge is 0.227 e. The van der Waals surface area contributed by atoms with E-state index in [9.17, 15) is 13.2 Å². The lowest BCUT2D eigenvalue weighted by atomic mass is 9.97. The Balaban J connectivity index is 1.64. The quantitative estimate of drug-likeness (QED) is 0.821. The van der Waals surface area contributed by atoms with Crippen molar-refractivity contribution >= 4 is 15.7 Å². The lowest BCUT2D eigenvalue weighted by Crippen LogP contribution is -2.40. The van der Waals surface area contributed by atoms with E-state index in [4.69, 9.17) is 4.52 Å². The summed E-state index contributed by atoms with van der Waals surface area (Å²) in [5, 5.41) is 3.97. The van der Waals surface area contributed by atoms with Gasteiger partial charge in [0.25, 0.3) is 0 Å². The summed E-state index contributed by atoms with van der Waals surface area (Å²) in [5.74, 6) is 1.32. The van der Waals surface area contributed by atoms with Gasteiger partial charge in [0, 0.05) is 32.2 Å². The van der Waals surface area contributed by atoms with Crippen molar-refractivity contribution in [2.45, 2.75) is 37.0 Å². The third-order valence-corrected chi connectivity index (χ3v) is 5.52. The Morgan fingerprint density at radius 3 is 2.64 bits per heavy atom. The molecule has 3 rings (SSSR count). The molecule has 2 heterocycles. The molecule has 1 unspecified atom stereocenters. The van der Waals surface area contributed by atoms with Gasteiger partial charge in [-0.3, -0.25) is 4.79 Å². The molecule has 1 aromatic heterocycles. The summed E-state index contributed by atoms with van der Waals surface area (Å²) < 4.78 is 28.0. The minimum absolute atomic E-state index is 0.0250. The first-order valence-corrected chi connectivity index (χ1v) is 10.1. The Hall–Kier alpha value is -2.22. The van der Waals surface area contributed by atoms with Gasteiger partial charge in [-0.15, -0.1) is 0 Å². The zero-order valence-corrected chi connectivity index (χ0v) is 15.1. The second-order valence-electron chi connectivity index (χ2n) is 6.44. The first kappa shape index (κ1) is 17.6. The number of likely N-dealkylation sites (tertiary alicyclic amines) is 1. The standard InChI is InChI=1S/C17H21N3O4S/c1-12-18-17(19-24-12)14-4-3-9-20(11-14)16(21)10-13-5-7-15(8-6-13)25(2,22)23/h5-8,14H,3-4,9-11H2,1-2H3.